The summed E-state index contributed by atoms with van der Waals surface area (Å²) in [5.41, 5.74) is -4.15. The highest BCUT2D eigenvalue weighted by molar-refractivity contribution is 7.87. The number of nitrogens with zero attached hydrogens (tertiary/aromatic N) is 3. The van der Waals surface area contributed by atoms with Crippen LogP contribution in [0.4, 0.5) is 18.9 Å². The van der Waals surface area contributed by atoms with Gasteiger partial charge in [-0.05, 0) is 31.2 Å². The zero-order valence-corrected chi connectivity index (χ0v) is 14.8. The quantitative estimate of drug-likeness (QED) is 0.576. The molecule has 7 nitrogen and oxygen atoms in total. The van der Waals surface area contributed by atoms with Gasteiger partial charge in [-0.2, -0.15) is 26.9 Å². The first-order chi connectivity index (χ1) is 12.6. The summed E-state index contributed by atoms with van der Waals surface area (Å²) in [5, 5.41) is 9.82. The lowest BCUT2D eigenvalue weighted by Gasteiger charge is -2.37. The van der Waals surface area contributed by atoms with E-state index in [2.05, 4.69) is 9.17 Å². The van der Waals surface area contributed by atoms with Crippen LogP contribution in [-0.2, 0) is 19.0 Å². The van der Waals surface area contributed by atoms with Crippen LogP contribution in [0, 0.1) is 11.3 Å². The number of morpholine rings is 1. The second-order valence-corrected chi connectivity index (χ2v) is 7.48. The van der Waals surface area contributed by atoms with Gasteiger partial charge in [0, 0.05) is 23.8 Å². The summed E-state index contributed by atoms with van der Waals surface area (Å²) in [6.07, 6.45) is -0.686. The number of hydrogen-bond donors (Lipinski definition) is 0. The van der Waals surface area contributed by atoms with E-state index in [9.17, 15) is 26.9 Å². The topological polar surface area (TPSA) is 92.5 Å². The summed E-state index contributed by atoms with van der Waals surface area (Å²) < 4.78 is 69.7. The largest absolute Gasteiger partial charge is 0.523 e. The monoisotopic (exact) mass is 401 g/mol. The minimum absolute atomic E-state index is 0.241. The molecule has 0 radical (unpaired) electrons. The van der Waals surface area contributed by atoms with E-state index < -0.39 is 28.0 Å². The van der Waals surface area contributed by atoms with Crippen molar-refractivity contribution in [2.75, 3.05) is 18.0 Å². The number of aromatic nitrogens is 1. The number of anilines is 1. The Morgan fingerprint density at radius 3 is 2.74 bits per heavy atom. The van der Waals surface area contributed by atoms with Gasteiger partial charge in [-0.1, -0.05) is 0 Å². The van der Waals surface area contributed by atoms with E-state index in [0.717, 1.165) is 0 Å². The van der Waals surface area contributed by atoms with Crippen molar-refractivity contribution < 1.29 is 30.5 Å². The van der Waals surface area contributed by atoms with Crippen molar-refractivity contribution in [1.82, 2.24) is 4.98 Å². The molecule has 27 heavy (non-hydrogen) atoms. The second-order valence-electron chi connectivity index (χ2n) is 5.92. The van der Waals surface area contributed by atoms with E-state index in [4.69, 9.17) is 4.74 Å². The summed E-state index contributed by atoms with van der Waals surface area (Å²) >= 11 is 0. The highest BCUT2D eigenvalue weighted by atomic mass is 32.2. The molecule has 11 heteroatoms. The third-order valence-electron chi connectivity index (χ3n) is 3.96. The molecule has 0 bridgehead atoms. The average molecular weight is 401 g/mol. The molecule has 1 saturated heterocycles. The van der Waals surface area contributed by atoms with Crippen molar-refractivity contribution in [3.05, 3.63) is 36.0 Å². The van der Waals surface area contributed by atoms with Gasteiger partial charge in [0.05, 0.1) is 23.7 Å². The van der Waals surface area contributed by atoms with Crippen molar-refractivity contribution in [3.63, 3.8) is 0 Å². The Labute approximate surface area is 153 Å². The van der Waals surface area contributed by atoms with Crippen LogP contribution in [0.25, 0.3) is 10.9 Å². The van der Waals surface area contributed by atoms with E-state index in [0.29, 0.717) is 28.7 Å². The fraction of sp³-hybridized carbons (Fsp3) is 0.375. The molecular weight excluding hydrogens is 387 g/mol. The molecule has 0 saturated carbocycles. The minimum Gasteiger partial charge on any atom is -0.363 e. The number of pyridine rings is 1. The average Bonchev–Trinajstić information content (AvgIpc) is 2.58. The van der Waals surface area contributed by atoms with E-state index >= 15 is 0 Å². The summed E-state index contributed by atoms with van der Waals surface area (Å²) in [6, 6.07) is 8.60. The van der Waals surface area contributed by atoms with Gasteiger partial charge in [-0.25, -0.2) is 4.18 Å². The molecule has 1 aliphatic heterocycles. The van der Waals surface area contributed by atoms with Crippen LogP contribution < -0.4 is 4.90 Å². The number of benzene rings is 1. The van der Waals surface area contributed by atoms with Gasteiger partial charge in [-0.15, -0.1) is 0 Å². The van der Waals surface area contributed by atoms with Gasteiger partial charge >= 0.3 is 15.6 Å². The molecule has 1 aromatic heterocycles. The van der Waals surface area contributed by atoms with Crippen molar-refractivity contribution in [1.29, 1.82) is 5.26 Å². The molecule has 0 amide bonds. The smallest absolute Gasteiger partial charge is 0.363 e. The zero-order chi connectivity index (χ0) is 19.8. The lowest BCUT2D eigenvalue weighted by atomic mass is 10.1. The van der Waals surface area contributed by atoms with Crippen LogP contribution in [0.15, 0.2) is 30.5 Å². The van der Waals surface area contributed by atoms with Gasteiger partial charge in [0.25, 0.3) is 0 Å². The number of alkyl halides is 3. The van der Waals surface area contributed by atoms with Gasteiger partial charge in [-0.3, -0.25) is 4.98 Å². The molecule has 0 spiro atoms. The molecule has 1 aliphatic rings. The molecule has 0 N–H and O–H groups in total. The van der Waals surface area contributed by atoms with Crippen LogP contribution in [0.5, 0.6) is 0 Å². The fourth-order valence-corrected chi connectivity index (χ4v) is 3.38. The maximum atomic E-state index is 12.6. The van der Waals surface area contributed by atoms with Crippen molar-refractivity contribution >= 4 is 26.7 Å². The van der Waals surface area contributed by atoms with Crippen molar-refractivity contribution in [2.24, 2.45) is 0 Å². The summed E-state index contributed by atoms with van der Waals surface area (Å²) in [6.45, 7) is 1.64. The Balaban J connectivity index is 1.94. The van der Waals surface area contributed by atoms with Crippen LogP contribution in [-0.4, -0.2) is 44.4 Å². The Bertz CT molecular complexity index is 1000. The Morgan fingerprint density at radius 2 is 2.07 bits per heavy atom. The fourth-order valence-electron chi connectivity index (χ4n) is 2.88. The van der Waals surface area contributed by atoms with E-state index in [1.54, 1.807) is 36.1 Å². The standard InChI is InChI=1S/C16H14F3N3O4S/c1-10-8-22(9-14(25-10)26-27(23,24)16(17,18)19)13-5-4-11(7-20)15-12(13)3-2-6-21-15/h2-6,10,14H,8-9H2,1H3/t10-,14-/m1/s1. The molecule has 2 heterocycles. The predicted octanol–water partition coefficient (Wildman–Crippen LogP) is 2.52. The summed E-state index contributed by atoms with van der Waals surface area (Å²) in [7, 11) is -5.79. The van der Waals surface area contributed by atoms with E-state index in [1.807, 2.05) is 6.07 Å². The van der Waals surface area contributed by atoms with Gasteiger partial charge in [0.15, 0.2) is 6.29 Å². The maximum Gasteiger partial charge on any atom is 0.523 e. The minimum atomic E-state index is -5.79. The van der Waals surface area contributed by atoms with E-state index in [1.165, 1.54) is 6.20 Å². The lowest BCUT2D eigenvalue weighted by molar-refractivity contribution is -0.133. The Hall–Kier alpha value is -2.42. The lowest BCUT2D eigenvalue weighted by Crippen LogP contribution is -2.49. The molecule has 0 unspecified atom stereocenters. The number of halogens is 3. The molecule has 3 rings (SSSR count). The summed E-state index contributed by atoms with van der Waals surface area (Å²) in [4.78, 5) is 5.83. The van der Waals surface area contributed by atoms with Crippen molar-refractivity contribution in [3.8, 4) is 6.07 Å². The van der Waals surface area contributed by atoms with Crippen molar-refractivity contribution in [2.45, 2.75) is 24.8 Å². The third-order valence-corrected chi connectivity index (χ3v) is 4.99. The molecule has 2 aromatic rings. The van der Waals surface area contributed by atoms with Crippen LogP contribution >= 0.6 is 0 Å². The SMILES string of the molecule is C[C@@H]1CN(c2ccc(C#N)c3ncccc23)C[C@@H](OS(=O)(=O)C(F)(F)F)O1. The molecular formula is C16H14F3N3O4S. The number of nitriles is 1. The van der Waals surface area contributed by atoms with Crippen LogP contribution in [0.2, 0.25) is 0 Å². The number of fused-ring (bicyclic) bond motifs is 1. The van der Waals surface area contributed by atoms with Gasteiger partial charge < -0.3 is 9.64 Å². The number of ether oxygens (including phenoxy) is 1. The zero-order valence-electron chi connectivity index (χ0n) is 14.0. The molecule has 144 valence electrons. The first-order valence-corrected chi connectivity index (χ1v) is 9.21. The maximum absolute atomic E-state index is 12.6. The molecule has 1 fully saturated rings. The van der Waals surface area contributed by atoms with E-state index in [-0.39, 0.29) is 6.54 Å². The third kappa shape index (κ3) is 3.83. The number of hydrogen-bond acceptors (Lipinski definition) is 7. The van der Waals surface area contributed by atoms with Crippen LogP contribution in [0.1, 0.15) is 12.5 Å². The normalized spacial score (nSPS) is 21.2. The summed E-state index contributed by atoms with van der Waals surface area (Å²) in [5.74, 6) is 0. The van der Waals surface area contributed by atoms with Crippen LogP contribution in [0.3, 0.4) is 0 Å². The predicted molar refractivity (Wildman–Crippen MR) is 89.1 cm³/mol. The van der Waals surface area contributed by atoms with Gasteiger partial charge in [0.1, 0.15) is 6.07 Å². The second kappa shape index (κ2) is 6.95. The molecule has 2 atom stereocenters. The molecule has 0 aliphatic carbocycles. The Kier molecular flexibility index (Phi) is 4.98. The first kappa shape index (κ1) is 19.3. The first-order valence-electron chi connectivity index (χ1n) is 7.80. The highest BCUT2D eigenvalue weighted by Crippen LogP contribution is 2.32. The Morgan fingerprint density at radius 1 is 1.33 bits per heavy atom. The highest BCUT2D eigenvalue weighted by Gasteiger charge is 2.49. The van der Waals surface area contributed by atoms with Gasteiger partial charge in [0.2, 0.25) is 0 Å². The number of rotatable bonds is 3. The molecule has 1 aromatic carbocycles.